The summed E-state index contributed by atoms with van der Waals surface area (Å²) >= 11 is 0. The minimum atomic E-state index is -0.304. The first-order chi connectivity index (χ1) is 10.5. The highest BCUT2D eigenvalue weighted by Crippen LogP contribution is 2.22. The van der Waals surface area contributed by atoms with E-state index < -0.39 is 0 Å². The van der Waals surface area contributed by atoms with E-state index >= 15 is 0 Å². The lowest BCUT2D eigenvalue weighted by atomic mass is 10.2. The van der Waals surface area contributed by atoms with Crippen LogP contribution in [0.1, 0.15) is 19.4 Å². The Morgan fingerprint density at radius 2 is 1.86 bits per heavy atom. The summed E-state index contributed by atoms with van der Waals surface area (Å²) in [6, 6.07) is 13.1. The van der Waals surface area contributed by atoms with Gasteiger partial charge in [0.1, 0.15) is 17.3 Å². The van der Waals surface area contributed by atoms with Gasteiger partial charge in [-0.1, -0.05) is 12.1 Å². The quantitative estimate of drug-likeness (QED) is 0.882. The van der Waals surface area contributed by atoms with Crippen molar-refractivity contribution in [2.45, 2.75) is 26.4 Å². The minimum absolute atomic E-state index is 0.0909. The van der Waals surface area contributed by atoms with Crippen molar-refractivity contribution >= 4 is 6.03 Å². The predicted octanol–water partition coefficient (Wildman–Crippen LogP) is 3.83. The topological polar surface area (TPSA) is 50.4 Å². The zero-order valence-electron chi connectivity index (χ0n) is 12.6. The fraction of sp³-hybridized carbons (Fsp3) is 0.235. The molecule has 0 unspecified atom stereocenters. The van der Waals surface area contributed by atoms with Gasteiger partial charge in [-0.05, 0) is 55.8 Å². The largest absolute Gasteiger partial charge is 0.457 e. The van der Waals surface area contributed by atoms with Crippen LogP contribution in [-0.2, 0) is 6.54 Å². The number of hydrogen-bond donors (Lipinski definition) is 2. The van der Waals surface area contributed by atoms with Gasteiger partial charge in [0.15, 0.2) is 0 Å². The second-order valence-corrected chi connectivity index (χ2v) is 5.19. The first-order valence-electron chi connectivity index (χ1n) is 7.09. The molecule has 0 atom stereocenters. The maximum Gasteiger partial charge on any atom is 0.315 e. The zero-order chi connectivity index (χ0) is 15.9. The van der Waals surface area contributed by atoms with Gasteiger partial charge in [-0.25, -0.2) is 9.18 Å². The average molecular weight is 302 g/mol. The lowest BCUT2D eigenvalue weighted by Crippen LogP contribution is -2.39. The van der Waals surface area contributed by atoms with Crippen molar-refractivity contribution < 1.29 is 13.9 Å². The van der Waals surface area contributed by atoms with Crippen LogP contribution < -0.4 is 15.4 Å². The van der Waals surface area contributed by atoms with Crippen LogP contribution in [0.2, 0.25) is 0 Å². The van der Waals surface area contributed by atoms with E-state index in [0.717, 1.165) is 5.56 Å². The van der Waals surface area contributed by atoms with Crippen LogP contribution in [0, 0.1) is 5.82 Å². The molecular formula is C17H19FN2O2. The number of carbonyl (C=O) groups excluding carboxylic acids is 1. The highest BCUT2D eigenvalue weighted by atomic mass is 19.1. The van der Waals surface area contributed by atoms with Gasteiger partial charge in [-0.3, -0.25) is 0 Å². The van der Waals surface area contributed by atoms with Gasteiger partial charge >= 0.3 is 6.03 Å². The third-order valence-electron chi connectivity index (χ3n) is 2.82. The maximum absolute atomic E-state index is 12.9. The average Bonchev–Trinajstić information content (AvgIpc) is 2.47. The summed E-state index contributed by atoms with van der Waals surface area (Å²) < 4.78 is 18.5. The second-order valence-electron chi connectivity index (χ2n) is 5.19. The van der Waals surface area contributed by atoms with Gasteiger partial charge < -0.3 is 15.4 Å². The molecule has 2 rings (SSSR count). The molecule has 2 N–H and O–H groups in total. The zero-order valence-corrected chi connectivity index (χ0v) is 12.6. The fourth-order valence-corrected chi connectivity index (χ4v) is 1.85. The highest BCUT2D eigenvalue weighted by Gasteiger charge is 2.04. The number of benzene rings is 2. The lowest BCUT2D eigenvalue weighted by molar-refractivity contribution is 0.238. The van der Waals surface area contributed by atoms with Crippen molar-refractivity contribution in [3.8, 4) is 11.5 Å². The second kappa shape index (κ2) is 7.45. The van der Waals surface area contributed by atoms with E-state index in [4.69, 9.17) is 4.74 Å². The Morgan fingerprint density at radius 3 is 2.55 bits per heavy atom. The molecule has 22 heavy (non-hydrogen) atoms. The van der Waals surface area contributed by atoms with E-state index in [1.165, 1.54) is 12.1 Å². The van der Waals surface area contributed by atoms with E-state index in [1.54, 1.807) is 18.2 Å². The summed E-state index contributed by atoms with van der Waals surface area (Å²) in [5.74, 6) is 0.890. The first-order valence-corrected chi connectivity index (χ1v) is 7.09. The van der Waals surface area contributed by atoms with Gasteiger partial charge in [0.05, 0.1) is 0 Å². The van der Waals surface area contributed by atoms with Crippen LogP contribution in [0.5, 0.6) is 11.5 Å². The van der Waals surface area contributed by atoms with Crippen LogP contribution in [0.4, 0.5) is 9.18 Å². The molecule has 0 saturated carbocycles. The summed E-state index contributed by atoms with van der Waals surface area (Å²) in [7, 11) is 0. The molecule has 2 aromatic carbocycles. The summed E-state index contributed by atoms with van der Waals surface area (Å²) in [5.41, 5.74) is 0.915. The third-order valence-corrected chi connectivity index (χ3v) is 2.82. The molecule has 2 amide bonds. The summed E-state index contributed by atoms with van der Waals surface area (Å²) in [5, 5.41) is 5.53. The molecule has 4 nitrogen and oxygen atoms in total. The van der Waals surface area contributed by atoms with Crippen LogP contribution in [0.25, 0.3) is 0 Å². The van der Waals surface area contributed by atoms with E-state index in [9.17, 15) is 9.18 Å². The molecular weight excluding hydrogens is 283 g/mol. The normalized spacial score (nSPS) is 10.4. The Kier molecular flexibility index (Phi) is 5.36. The van der Waals surface area contributed by atoms with Gasteiger partial charge in [0, 0.05) is 12.6 Å². The molecule has 2 aromatic rings. The molecule has 0 aliphatic carbocycles. The van der Waals surface area contributed by atoms with Crippen LogP contribution in [-0.4, -0.2) is 12.1 Å². The molecule has 116 valence electrons. The Balaban J connectivity index is 1.95. The van der Waals surface area contributed by atoms with E-state index in [1.807, 2.05) is 32.0 Å². The number of hydrogen-bond acceptors (Lipinski definition) is 2. The Hall–Kier alpha value is -2.56. The molecule has 5 heteroatoms. The van der Waals surface area contributed by atoms with Crippen LogP contribution in [0.3, 0.4) is 0 Å². The Bertz CT molecular complexity index is 627. The fourth-order valence-electron chi connectivity index (χ4n) is 1.85. The Labute approximate surface area is 129 Å². The summed E-state index contributed by atoms with van der Waals surface area (Å²) in [4.78, 5) is 11.5. The summed E-state index contributed by atoms with van der Waals surface area (Å²) in [6.07, 6.45) is 0. The number of carbonyl (C=O) groups is 1. The predicted molar refractivity (Wildman–Crippen MR) is 83.4 cm³/mol. The number of urea groups is 1. The number of amides is 2. The van der Waals surface area contributed by atoms with Crippen molar-refractivity contribution in [3.63, 3.8) is 0 Å². The van der Waals surface area contributed by atoms with Crippen molar-refractivity contribution in [1.29, 1.82) is 0 Å². The van der Waals surface area contributed by atoms with Gasteiger partial charge in [-0.15, -0.1) is 0 Å². The molecule has 0 fully saturated rings. The monoisotopic (exact) mass is 302 g/mol. The standard InChI is InChI=1S/C17H19FN2O2/c1-12(2)20-17(21)19-11-13-4-3-5-16(10-13)22-15-8-6-14(18)7-9-15/h3-10,12H,11H2,1-2H3,(H2,19,20,21). The molecule has 0 radical (unpaired) electrons. The highest BCUT2D eigenvalue weighted by molar-refractivity contribution is 5.74. The van der Waals surface area contributed by atoms with Crippen molar-refractivity contribution in [1.82, 2.24) is 10.6 Å². The number of ether oxygens (including phenoxy) is 1. The smallest absolute Gasteiger partial charge is 0.315 e. The van der Waals surface area contributed by atoms with E-state index in [-0.39, 0.29) is 17.9 Å². The van der Waals surface area contributed by atoms with E-state index in [0.29, 0.717) is 18.0 Å². The molecule has 0 aliphatic heterocycles. The van der Waals surface area contributed by atoms with E-state index in [2.05, 4.69) is 10.6 Å². The molecule has 0 saturated heterocycles. The maximum atomic E-state index is 12.9. The van der Waals surface area contributed by atoms with Gasteiger partial charge in [0.25, 0.3) is 0 Å². The SMILES string of the molecule is CC(C)NC(=O)NCc1cccc(Oc2ccc(F)cc2)c1. The number of halogens is 1. The summed E-state index contributed by atoms with van der Waals surface area (Å²) in [6.45, 7) is 4.20. The van der Waals surface area contributed by atoms with Crippen LogP contribution in [0.15, 0.2) is 48.5 Å². The molecule has 0 spiro atoms. The Morgan fingerprint density at radius 1 is 1.14 bits per heavy atom. The molecule has 0 heterocycles. The molecule has 0 aliphatic rings. The third kappa shape index (κ3) is 5.09. The molecule has 0 aromatic heterocycles. The first kappa shape index (κ1) is 15.8. The molecule has 0 bridgehead atoms. The number of nitrogens with one attached hydrogen (secondary N) is 2. The minimum Gasteiger partial charge on any atom is -0.457 e. The number of rotatable bonds is 5. The van der Waals surface area contributed by atoms with Crippen LogP contribution >= 0.6 is 0 Å². The van der Waals surface area contributed by atoms with Crippen molar-refractivity contribution in [2.75, 3.05) is 0 Å². The van der Waals surface area contributed by atoms with Gasteiger partial charge in [0.2, 0.25) is 0 Å². The van der Waals surface area contributed by atoms with Crippen molar-refractivity contribution in [3.05, 3.63) is 59.9 Å². The lowest BCUT2D eigenvalue weighted by Gasteiger charge is -2.11. The van der Waals surface area contributed by atoms with Crippen molar-refractivity contribution in [2.24, 2.45) is 0 Å². The van der Waals surface area contributed by atoms with Gasteiger partial charge in [-0.2, -0.15) is 0 Å².